The number of benzene rings is 1. The zero-order valence-electron chi connectivity index (χ0n) is 17.1. The number of nitrogens with zero attached hydrogens (tertiary/aromatic N) is 1. The van der Waals surface area contributed by atoms with Gasteiger partial charge in [-0.2, -0.15) is 0 Å². The third-order valence-electron chi connectivity index (χ3n) is 8.22. The Labute approximate surface area is 169 Å². The van der Waals surface area contributed by atoms with Crippen molar-refractivity contribution in [2.45, 2.75) is 56.1 Å². The Balaban J connectivity index is 1.52. The number of hydrogen-bond donors (Lipinski definition) is 1. The predicted octanol–water partition coefficient (Wildman–Crippen LogP) is 3.81. The molecule has 1 N–H and O–H groups in total. The fourth-order valence-electron chi connectivity index (χ4n) is 6.59. The van der Waals surface area contributed by atoms with Crippen molar-refractivity contribution >= 4 is 0 Å². The van der Waals surface area contributed by atoms with Crippen molar-refractivity contribution in [1.29, 1.82) is 0 Å². The third-order valence-corrected chi connectivity index (χ3v) is 8.22. The molecule has 0 spiro atoms. The van der Waals surface area contributed by atoms with Crippen LogP contribution in [0.15, 0.2) is 30.3 Å². The predicted molar refractivity (Wildman–Crippen MR) is 111 cm³/mol. The molecule has 4 atom stereocenters. The van der Waals surface area contributed by atoms with Crippen LogP contribution in [0.25, 0.3) is 0 Å². The van der Waals surface area contributed by atoms with Crippen LogP contribution < -0.4 is 0 Å². The highest BCUT2D eigenvalue weighted by Gasteiger charge is 2.48. The molecule has 6 rings (SSSR count). The van der Waals surface area contributed by atoms with Crippen molar-refractivity contribution in [1.82, 2.24) is 4.90 Å². The van der Waals surface area contributed by atoms with Gasteiger partial charge in [-0.3, -0.25) is 4.90 Å². The minimum Gasteiger partial charge on any atom is -0.373 e. The zero-order chi connectivity index (χ0) is 19.2. The number of methoxy groups -OCH3 is 1. The van der Waals surface area contributed by atoms with E-state index in [1.165, 1.54) is 19.3 Å². The van der Waals surface area contributed by atoms with E-state index in [1.54, 1.807) is 7.11 Å². The molecule has 2 aliphatic carbocycles. The molecule has 3 heteroatoms. The highest BCUT2D eigenvalue weighted by atomic mass is 16.5. The first kappa shape index (κ1) is 18.7. The summed E-state index contributed by atoms with van der Waals surface area (Å²) in [6.07, 6.45) is 8.53. The maximum atomic E-state index is 12.0. The first-order valence-corrected chi connectivity index (χ1v) is 11.2. The Hall–Kier alpha value is -1.34. The Bertz CT molecular complexity index is 748. The summed E-state index contributed by atoms with van der Waals surface area (Å²) in [6, 6.07) is 10.2. The van der Waals surface area contributed by atoms with Gasteiger partial charge >= 0.3 is 0 Å². The molecular formula is C25H33NO2. The maximum absolute atomic E-state index is 12.0. The summed E-state index contributed by atoms with van der Waals surface area (Å²) >= 11 is 0. The van der Waals surface area contributed by atoms with Gasteiger partial charge < -0.3 is 9.84 Å². The van der Waals surface area contributed by atoms with Crippen LogP contribution in [0.3, 0.4) is 0 Å². The normalized spacial score (nSPS) is 41.1. The van der Waals surface area contributed by atoms with Crippen molar-refractivity contribution in [3.05, 3.63) is 35.9 Å². The molecule has 3 heterocycles. The average Bonchev–Trinajstić information content (AvgIpc) is 3.10. The maximum Gasteiger partial charge on any atom is 0.153 e. The van der Waals surface area contributed by atoms with Crippen molar-refractivity contribution < 1.29 is 9.84 Å². The monoisotopic (exact) mass is 379 g/mol. The minimum absolute atomic E-state index is 0.226. The molecule has 3 aliphatic heterocycles. The Kier molecular flexibility index (Phi) is 4.78. The fraction of sp³-hybridized carbons (Fsp3) is 0.680. The molecular weight excluding hydrogens is 346 g/mol. The molecule has 3 unspecified atom stereocenters. The van der Waals surface area contributed by atoms with Crippen molar-refractivity contribution in [2.24, 2.45) is 23.7 Å². The van der Waals surface area contributed by atoms with Crippen LogP contribution >= 0.6 is 0 Å². The molecule has 1 aromatic rings. The molecule has 3 nitrogen and oxygen atoms in total. The number of fused-ring (bicyclic) bond motifs is 5. The van der Waals surface area contributed by atoms with Crippen molar-refractivity contribution in [3.8, 4) is 11.8 Å². The van der Waals surface area contributed by atoms with E-state index in [-0.39, 0.29) is 5.92 Å². The van der Waals surface area contributed by atoms with Crippen LogP contribution in [0.5, 0.6) is 0 Å². The molecule has 3 saturated heterocycles. The van der Waals surface area contributed by atoms with E-state index >= 15 is 0 Å². The van der Waals surface area contributed by atoms with E-state index in [9.17, 15) is 5.11 Å². The lowest BCUT2D eigenvalue weighted by atomic mass is 9.69. The second kappa shape index (κ2) is 7.17. The second-order valence-electron chi connectivity index (χ2n) is 9.74. The summed E-state index contributed by atoms with van der Waals surface area (Å²) in [6.45, 7) is 3.20. The van der Waals surface area contributed by atoms with Crippen LogP contribution in [-0.4, -0.2) is 42.4 Å². The second-order valence-corrected chi connectivity index (χ2v) is 9.74. The van der Waals surface area contributed by atoms with E-state index in [4.69, 9.17) is 4.74 Å². The topological polar surface area (TPSA) is 32.7 Å². The molecule has 0 amide bonds. The van der Waals surface area contributed by atoms with Gasteiger partial charge in [-0.1, -0.05) is 55.0 Å². The fourth-order valence-corrected chi connectivity index (χ4v) is 6.59. The number of ether oxygens (including phenoxy) is 1. The van der Waals surface area contributed by atoms with Gasteiger partial charge in [0.2, 0.25) is 0 Å². The van der Waals surface area contributed by atoms with Gasteiger partial charge in [0, 0.05) is 25.5 Å². The zero-order valence-corrected chi connectivity index (χ0v) is 17.1. The molecule has 5 aliphatic rings. The van der Waals surface area contributed by atoms with Gasteiger partial charge in [0.25, 0.3) is 0 Å². The highest BCUT2D eigenvalue weighted by molar-refractivity contribution is 5.36. The van der Waals surface area contributed by atoms with Crippen molar-refractivity contribution in [2.75, 3.05) is 26.7 Å². The lowest BCUT2D eigenvalue weighted by molar-refractivity contribution is -0.0968. The lowest BCUT2D eigenvalue weighted by Crippen LogP contribution is -2.59. The first-order valence-electron chi connectivity index (χ1n) is 11.2. The van der Waals surface area contributed by atoms with Crippen LogP contribution in [0, 0.1) is 35.5 Å². The highest BCUT2D eigenvalue weighted by Crippen LogP contribution is 2.50. The molecule has 28 heavy (non-hydrogen) atoms. The number of hydrogen-bond acceptors (Lipinski definition) is 3. The number of piperidine rings is 3. The van der Waals surface area contributed by atoms with Gasteiger partial charge in [-0.05, 0) is 62.6 Å². The Morgan fingerprint density at radius 1 is 1.04 bits per heavy atom. The Morgan fingerprint density at radius 3 is 2.29 bits per heavy atom. The smallest absolute Gasteiger partial charge is 0.153 e. The van der Waals surface area contributed by atoms with Gasteiger partial charge in [0.15, 0.2) is 5.60 Å². The van der Waals surface area contributed by atoms with Gasteiger partial charge in [0.05, 0.1) is 0 Å². The lowest BCUT2D eigenvalue weighted by Gasteiger charge is -2.50. The molecule has 4 bridgehead atoms. The van der Waals surface area contributed by atoms with E-state index in [1.807, 2.05) is 18.2 Å². The molecule has 5 fully saturated rings. The summed E-state index contributed by atoms with van der Waals surface area (Å²) in [7, 11) is 1.80. The van der Waals surface area contributed by atoms with Gasteiger partial charge in [-0.25, -0.2) is 0 Å². The van der Waals surface area contributed by atoms with E-state index in [0.29, 0.717) is 5.92 Å². The summed E-state index contributed by atoms with van der Waals surface area (Å²) < 4.78 is 6.06. The van der Waals surface area contributed by atoms with Gasteiger partial charge in [-0.15, -0.1) is 0 Å². The number of rotatable bonds is 3. The summed E-state index contributed by atoms with van der Waals surface area (Å²) in [5.74, 6) is 9.24. The third kappa shape index (κ3) is 3.11. The van der Waals surface area contributed by atoms with Gasteiger partial charge in [0.1, 0.15) is 5.60 Å². The van der Waals surface area contributed by atoms with Crippen LogP contribution in [0.2, 0.25) is 0 Å². The summed E-state index contributed by atoms with van der Waals surface area (Å²) in [5, 5.41) is 12.0. The quantitative estimate of drug-likeness (QED) is 0.811. The molecule has 2 saturated carbocycles. The van der Waals surface area contributed by atoms with Crippen LogP contribution in [-0.2, 0) is 10.3 Å². The largest absolute Gasteiger partial charge is 0.373 e. The summed E-state index contributed by atoms with van der Waals surface area (Å²) in [5.41, 5.74) is -0.534. The van der Waals surface area contributed by atoms with E-state index in [0.717, 1.165) is 62.7 Å². The minimum atomic E-state index is -1.07. The van der Waals surface area contributed by atoms with Crippen molar-refractivity contribution in [3.63, 3.8) is 0 Å². The van der Waals surface area contributed by atoms with E-state index in [2.05, 4.69) is 28.9 Å². The van der Waals surface area contributed by atoms with Crippen LogP contribution in [0.1, 0.15) is 50.5 Å². The SMILES string of the molecule is CO[C@]1(C#CC(O)(c2ccccc2)C2CC3CCC(C3)C2)CN2CCC1CC2. The molecule has 0 aromatic heterocycles. The average molecular weight is 380 g/mol. The van der Waals surface area contributed by atoms with Crippen LogP contribution in [0.4, 0.5) is 0 Å². The first-order chi connectivity index (χ1) is 13.6. The molecule has 0 radical (unpaired) electrons. The van der Waals surface area contributed by atoms with E-state index < -0.39 is 11.2 Å². The Morgan fingerprint density at radius 2 is 1.71 bits per heavy atom. The standard InChI is InChI=1S/C25H33NO2/c1-28-24(18-26-13-9-21(24)10-14-26)11-12-25(27,22-5-3-2-4-6-22)23-16-19-7-8-20(15-19)17-23/h2-6,19-21,23,27H,7-10,13-18H2,1H3/t19?,20?,23?,24-,25?/m1/s1. The summed E-state index contributed by atoms with van der Waals surface area (Å²) in [4.78, 5) is 2.47. The number of aliphatic hydroxyl groups is 1. The molecule has 150 valence electrons. The molecule has 1 aromatic carbocycles.